The Labute approximate surface area is 171 Å². The molecular formula is C22H16ClN5O. The molecule has 0 saturated heterocycles. The maximum Gasteiger partial charge on any atom is 0.299 e. The molecule has 6 nitrogen and oxygen atoms in total. The zero-order chi connectivity index (χ0) is 20.1. The molecule has 0 radical (unpaired) electrons. The number of H-pyrrole nitrogens is 1. The Balaban J connectivity index is 1.78. The van der Waals surface area contributed by atoms with Gasteiger partial charge in [-0.15, -0.1) is 5.11 Å². The molecule has 0 aliphatic carbocycles. The lowest BCUT2D eigenvalue weighted by Gasteiger charge is -1.99. The van der Waals surface area contributed by atoms with Crippen molar-refractivity contribution < 1.29 is 0 Å². The van der Waals surface area contributed by atoms with Crippen LogP contribution in [0.3, 0.4) is 0 Å². The molecule has 0 saturated carbocycles. The Morgan fingerprint density at radius 2 is 1.52 bits per heavy atom. The van der Waals surface area contributed by atoms with Crippen molar-refractivity contribution in [2.45, 2.75) is 0 Å². The van der Waals surface area contributed by atoms with Gasteiger partial charge in [0.15, 0.2) is 5.69 Å². The lowest BCUT2D eigenvalue weighted by atomic mass is 10.3. The van der Waals surface area contributed by atoms with Gasteiger partial charge in [-0.3, -0.25) is 14.9 Å². The summed E-state index contributed by atoms with van der Waals surface area (Å²) in [6.45, 7) is 0. The van der Waals surface area contributed by atoms with E-state index >= 15 is 0 Å². The molecule has 0 fully saturated rings. The average Bonchev–Trinajstić information content (AvgIpc) is 3.07. The maximum atomic E-state index is 13.0. The quantitative estimate of drug-likeness (QED) is 0.324. The third-order valence-corrected chi connectivity index (χ3v) is 4.32. The fourth-order valence-electron chi connectivity index (χ4n) is 2.69. The van der Waals surface area contributed by atoms with E-state index in [-0.39, 0.29) is 11.2 Å². The minimum absolute atomic E-state index is 0.170. The first kappa shape index (κ1) is 18.6. The summed E-state index contributed by atoms with van der Waals surface area (Å²) >= 11 is 6.02. The standard InChI is InChI=1S/C22H16ClN5O/c23-16-8-7-11-18(14-16)24-15-20-21(26-25-17-9-3-1-4-10-17)22(29)28(27-20)19-12-5-2-6-13-19/h1-15,27H. The molecule has 0 aliphatic heterocycles. The molecule has 4 rings (SSSR count). The molecule has 0 bridgehead atoms. The highest BCUT2D eigenvalue weighted by Gasteiger charge is 2.14. The summed E-state index contributed by atoms with van der Waals surface area (Å²) < 4.78 is 1.42. The first-order valence-corrected chi connectivity index (χ1v) is 9.25. The predicted molar refractivity (Wildman–Crippen MR) is 116 cm³/mol. The van der Waals surface area contributed by atoms with Crippen molar-refractivity contribution in [2.24, 2.45) is 15.2 Å². The molecule has 3 aromatic carbocycles. The normalized spacial score (nSPS) is 11.5. The van der Waals surface area contributed by atoms with Crippen LogP contribution in [0.1, 0.15) is 5.69 Å². The minimum Gasteiger partial charge on any atom is -0.287 e. The highest BCUT2D eigenvalue weighted by atomic mass is 35.5. The number of hydrogen-bond donors (Lipinski definition) is 1. The SMILES string of the molecule is O=c1c(N=Nc2ccccc2)c(C=Nc2cccc(Cl)c2)[nH]n1-c1ccccc1. The monoisotopic (exact) mass is 401 g/mol. The van der Waals surface area contributed by atoms with Crippen molar-refractivity contribution in [3.63, 3.8) is 0 Å². The van der Waals surface area contributed by atoms with Crippen LogP contribution in [-0.4, -0.2) is 16.0 Å². The number of rotatable bonds is 5. The van der Waals surface area contributed by atoms with E-state index in [1.54, 1.807) is 18.3 Å². The van der Waals surface area contributed by atoms with Crippen LogP contribution < -0.4 is 5.56 Å². The van der Waals surface area contributed by atoms with Gasteiger partial charge in [-0.1, -0.05) is 54.1 Å². The number of azo groups is 1. The van der Waals surface area contributed by atoms with Crippen molar-refractivity contribution in [3.8, 4) is 5.69 Å². The number of halogens is 1. The van der Waals surface area contributed by atoms with Crippen molar-refractivity contribution in [1.82, 2.24) is 9.78 Å². The summed E-state index contributed by atoms with van der Waals surface area (Å²) in [5, 5.41) is 12.0. The summed E-state index contributed by atoms with van der Waals surface area (Å²) in [6.07, 6.45) is 1.55. The number of hydrogen-bond acceptors (Lipinski definition) is 4. The third kappa shape index (κ3) is 4.39. The van der Waals surface area contributed by atoms with Crippen molar-refractivity contribution >= 4 is 34.9 Å². The van der Waals surface area contributed by atoms with Gasteiger partial charge >= 0.3 is 0 Å². The molecule has 29 heavy (non-hydrogen) atoms. The van der Waals surface area contributed by atoms with E-state index in [0.717, 1.165) is 0 Å². The number of benzene rings is 3. The molecule has 1 heterocycles. The van der Waals surface area contributed by atoms with Gasteiger partial charge in [-0.2, -0.15) is 5.11 Å². The van der Waals surface area contributed by atoms with Crippen LogP contribution >= 0.6 is 11.6 Å². The van der Waals surface area contributed by atoms with Crippen molar-refractivity contribution in [2.75, 3.05) is 0 Å². The van der Waals surface area contributed by atoms with E-state index in [4.69, 9.17) is 11.6 Å². The second-order valence-electron chi connectivity index (χ2n) is 6.12. The lowest BCUT2D eigenvalue weighted by Crippen LogP contribution is -2.13. The largest absolute Gasteiger partial charge is 0.299 e. The lowest BCUT2D eigenvalue weighted by molar-refractivity contribution is 0.846. The summed E-state index contributed by atoms with van der Waals surface area (Å²) in [5.41, 5.74) is 2.30. The molecule has 1 N–H and O–H groups in total. The van der Waals surface area contributed by atoms with E-state index in [2.05, 4.69) is 20.3 Å². The van der Waals surface area contributed by atoms with Gasteiger partial charge in [-0.25, -0.2) is 4.68 Å². The predicted octanol–water partition coefficient (Wildman–Crippen LogP) is 5.99. The smallest absolute Gasteiger partial charge is 0.287 e. The number of para-hydroxylation sites is 1. The first-order valence-electron chi connectivity index (χ1n) is 8.87. The first-order chi connectivity index (χ1) is 14.2. The molecular weight excluding hydrogens is 386 g/mol. The molecule has 0 aliphatic rings. The molecule has 7 heteroatoms. The highest BCUT2D eigenvalue weighted by molar-refractivity contribution is 6.30. The van der Waals surface area contributed by atoms with Crippen LogP contribution in [-0.2, 0) is 0 Å². The summed E-state index contributed by atoms with van der Waals surface area (Å²) in [5.74, 6) is 0. The number of nitrogens with one attached hydrogen (secondary N) is 1. The van der Waals surface area contributed by atoms with Crippen LogP contribution in [0, 0.1) is 0 Å². The molecule has 0 unspecified atom stereocenters. The number of nitrogens with zero attached hydrogens (tertiary/aromatic N) is 4. The number of aromatic nitrogens is 2. The van der Waals surface area contributed by atoms with Gasteiger partial charge in [0.2, 0.25) is 0 Å². The van der Waals surface area contributed by atoms with Crippen LogP contribution in [0.25, 0.3) is 5.69 Å². The van der Waals surface area contributed by atoms with Gasteiger partial charge in [0.05, 0.1) is 23.3 Å². The Bertz CT molecular complexity index is 1230. The van der Waals surface area contributed by atoms with E-state index < -0.39 is 0 Å². The molecule has 4 aromatic rings. The van der Waals surface area contributed by atoms with Crippen LogP contribution in [0.5, 0.6) is 0 Å². The topological polar surface area (TPSA) is 74.9 Å². The van der Waals surface area contributed by atoms with Gasteiger partial charge in [0.1, 0.15) is 5.69 Å². The minimum atomic E-state index is -0.316. The summed E-state index contributed by atoms with van der Waals surface area (Å²) in [7, 11) is 0. The van der Waals surface area contributed by atoms with E-state index in [1.165, 1.54) is 4.68 Å². The molecule has 0 atom stereocenters. The number of aromatic amines is 1. The van der Waals surface area contributed by atoms with Crippen LogP contribution in [0.2, 0.25) is 5.02 Å². The molecule has 0 amide bonds. The highest BCUT2D eigenvalue weighted by Crippen LogP contribution is 2.21. The Morgan fingerprint density at radius 1 is 0.828 bits per heavy atom. The van der Waals surface area contributed by atoms with E-state index in [1.807, 2.05) is 72.8 Å². The average molecular weight is 402 g/mol. The van der Waals surface area contributed by atoms with Crippen molar-refractivity contribution in [3.05, 3.63) is 106 Å². The van der Waals surface area contributed by atoms with Gasteiger partial charge in [0.25, 0.3) is 5.56 Å². The fraction of sp³-hybridized carbons (Fsp3) is 0. The van der Waals surface area contributed by atoms with Gasteiger partial charge < -0.3 is 0 Å². The zero-order valence-corrected chi connectivity index (χ0v) is 16.0. The second kappa shape index (κ2) is 8.50. The second-order valence-corrected chi connectivity index (χ2v) is 6.56. The van der Waals surface area contributed by atoms with Gasteiger partial charge in [-0.05, 0) is 42.5 Å². The summed E-state index contributed by atoms with van der Waals surface area (Å²) in [6, 6.07) is 25.6. The Morgan fingerprint density at radius 3 is 2.24 bits per heavy atom. The molecule has 142 valence electrons. The summed E-state index contributed by atoms with van der Waals surface area (Å²) in [4.78, 5) is 17.4. The van der Waals surface area contributed by atoms with E-state index in [0.29, 0.717) is 27.8 Å². The number of aliphatic imine (C=N–C) groups is 1. The Kier molecular flexibility index (Phi) is 5.45. The third-order valence-electron chi connectivity index (χ3n) is 4.08. The molecule has 1 aromatic heterocycles. The maximum absolute atomic E-state index is 13.0. The zero-order valence-electron chi connectivity index (χ0n) is 15.2. The fourth-order valence-corrected chi connectivity index (χ4v) is 2.87. The Hall–Kier alpha value is -3.77. The van der Waals surface area contributed by atoms with Crippen LogP contribution in [0.15, 0.2) is 105 Å². The van der Waals surface area contributed by atoms with Gasteiger partial charge in [0, 0.05) is 5.02 Å². The molecule has 0 spiro atoms. The van der Waals surface area contributed by atoms with Crippen LogP contribution in [0.4, 0.5) is 17.1 Å². The van der Waals surface area contributed by atoms with E-state index in [9.17, 15) is 4.79 Å². The van der Waals surface area contributed by atoms with Crippen molar-refractivity contribution in [1.29, 1.82) is 0 Å².